The summed E-state index contributed by atoms with van der Waals surface area (Å²) >= 11 is 0. The first-order valence-electron chi connectivity index (χ1n) is 8.27. The van der Waals surface area contributed by atoms with Crippen LogP contribution in [0.5, 0.6) is 0 Å². The van der Waals surface area contributed by atoms with Crippen molar-refractivity contribution >= 4 is 12.0 Å². The molecule has 0 N–H and O–H groups in total. The highest BCUT2D eigenvalue weighted by Gasteiger charge is 2.42. The number of rotatable bonds is 5. The van der Waals surface area contributed by atoms with Gasteiger partial charge in [0.1, 0.15) is 18.7 Å². The summed E-state index contributed by atoms with van der Waals surface area (Å²) in [6.45, 7) is 1.88. The lowest BCUT2D eigenvalue weighted by molar-refractivity contribution is -0.131. The third-order valence-corrected chi connectivity index (χ3v) is 4.52. The largest absolute Gasteiger partial charge is 0.446 e. The van der Waals surface area contributed by atoms with Gasteiger partial charge in [-0.05, 0) is 22.6 Å². The van der Waals surface area contributed by atoms with Crippen LogP contribution in [0.25, 0.3) is 10.4 Å². The number of hydrogen-bond acceptors (Lipinski definition) is 4. The van der Waals surface area contributed by atoms with Crippen molar-refractivity contribution in [1.82, 2.24) is 4.90 Å². The van der Waals surface area contributed by atoms with E-state index in [-0.39, 0.29) is 12.5 Å². The first-order valence-corrected chi connectivity index (χ1v) is 8.27. The predicted octanol–water partition coefficient (Wildman–Crippen LogP) is 4.19. The maximum Gasteiger partial charge on any atom is 0.417 e. The number of ether oxygens (including phenoxy) is 1. The molecular formula is C19H18N4O3. The van der Waals surface area contributed by atoms with Gasteiger partial charge in [0.15, 0.2) is 0 Å². The van der Waals surface area contributed by atoms with E-state index in [1.165, 1.54) is 0 Å². The number of carbonyl (C=O) groups is 2. The summed E-state index contributed by atoms with van der Waals surface area (Å²) in [7, 11) is 0. The predicted molar refractivity (Wildman–Crippen MR) is 95.2 cm³/mol. The van der Waals surface area contributed by atoms with E-state index in [2.05, 4.69) is 10.0 Å². The zero-order chi connectivity index (χ0) is 18.5. The van der Waals surface area contributed by atoms with Gasteiger partial charge in [-0.3, -0.25) is 4.79 Å². The summed E-state index contributed by atoms with van der Waals surface area (Å²) in [6, 6.07) is 16.9. The van der Waals surface area contributed by atoms with Gasteiger partial charge in [-0.1, -0.05) is 72.7 Å². The van der Waals surface area contributed by atoms with Crippen LogP contribution in [-0.4, -0.2) is 29.5 Å². The highest BCUT2D eigenvalue weighted by Crippen LogP contribution is 2.31. The van der Waals surface area contributed by atoms with E-state index in [4.69, 9.17) is 10.3 Å². The molecule has 0 radical (unpaired) electrons. The number of benzene rings is 2. The number of hydrogen-bond donors (Lipinski definition) is 0. The van der Waals surface area contributed by atoms with Crippen molar-refractivity contribution in [2.24, 2.45) is 5.11 Å². The van der Waals surface area contributed by atoms with Crippen molar-refractivity contribution in [2.75, 3.05) is 6.61 Å². The molecule has 0 saturated carbocycles. The van der Waals surface area contributed by atoms with Crippen LogP contribution in [0, 0.1) is 0 Å². The van der Waals surface area contributed by atoms with E-state index >= 15 is 0 Å². The van der Waals surface area contributed by atoms with Crippen LogP contribution in [-0.2, 0) is 9.53 Å². The van der Waals surface area contributed by atoms with Crippen molar-refractivity contribution in [1.29, 1.82) is 0 Å². The van der Waals surface area contributed by atoms with Crippen molar-refractivity contribution < 1.29 is 14.3 Å². The first-order chi connectivity index (χ1) is 12.6. The second-order valence-corrected chi connectivity index (χ2v) is 6.06. The van der Waals surface area contributed by atoms with Crippen LogP contribution < -0.4 is 0 Å². The minimum atomic E-state index is -1.04. The minimum absolute atomic E-state index is 0.0806. The van der Waals surface area contributed by atoms with Crippen molar-refractivity contribution in [3.8, 4) is 0 Å². The molecule has 0 aliphatic carbocycles. The van der Waals surface area contributed by atoms with E-state index in [0.717, 1.165) is 16.0 Å². The Hall–Kier alpha value is -3.31. The lowest BCUT2D eigenvalue weighted by Gasteiger charge is -2.26. The molecule has 0 unspecified atom stereocenters. The summed E-state index contributed by atoms with van der Waals surface area (Å²) in [5.74, 6) is -0.945. The van der Waals surface area contributed by atoms with E-state index in [1.54, 1.807) is 6.92 Å². The normalized spacial score (nSPS) is 18.6. The van der Waals surface area contributed by atoms with Gasteiger partial charge >= 0.3 is 6.09 Å². The molecule has 0 aromatic heterocycles. The third-order valence-electron chi connectivity index (χ3n) is 4.52. The molecular weight excluding hydrogens is 332 g/mol. The van der Waals surface area contributed by atoms with Gasteiger partial charge in [0.05, 0.1) is 0 Å². The van der Waals surface area contributed by atoms with Gasteiger partial charge in [0.2, 0.25) is 5.91 Å². The number of carbonyl (C=O) groups excluding carboxylic acids is 2. The van der Waals surface area contributed by atoms with Crippen molar-refractivity contribution in [3.05, 3.63) is 82.2 Å². The van der Waals surface area contributed by atoms with Gasteiger partial charge < -0.3 is 4.74 Å². The number of imide groups is 1. The lowest BCUT2D eigenvalue weighted by atomic mass is 9.92. The van der Waals surface area contributed by atoms with E-state index in [1.807, 2.05) is 60.7 Å². The molecule has 7 heteroatoms. The number of amides is 2. The van der Waals surface area contributed by atoms with Gasteiger partial charge in [-0.2, -0.15) is 0 Å². The molecule has 1 fully saturated rings. The Morgan fingerprint density at radius 2 is 1.81 bits per heavy atom. The molecule has 2 aromatic carbocycles. The SMILES string of the molecule is C[C@H](c1ccccc1)[C@@H](N=[N+]=[N-])C(=O)N1C(=O)OC[C@@H]1c1ccccc1. The van der Waals surface area contributed by atoms with Gasteiger partial charge in [0.25, 0.3) is 0 Å². The second kappa shape index (κ2) is 7.72. The average molecular weight is 350 g/mol. The molecule has 2 amide bonds. The molecule has 1 aliphatic heterocycles. The lowest BCUT2D eigenvalue weighted by Crippen LogP contribution is -2.42. The summed E-state index contributed by atoms with van der Waals surface area (Å²) in [6.07, 6.45) is -0.720. The maximum absolute atomic E-state index is 13.1. The second-order valence-electron chi connectivity index (χ2n) is 6.06. The Morgan fingerprint density at radius 1 is 1.19 bits per heavy atom. The number of nitrogens with zero attached hydrogens (tertiary/aromatic N) is 4. The maximum atomic E-state index is 13.1. The average Bonchev–Trinajstić information content (AvgIpc) is 3.08. The van der Waals surface area contributed by atoms with Gasteiger partial charge in [-0.15, -0.1) is 0 Å². The molecule has 2 aromatic rings. The van der Waals surface area contributed by atoms with Crippen LogP contribution >= 0.6 is 0 Å². The topological polar surface area (TPSA) is 95.4 Å². The van der Waals surface area contributed by atoms with Crippen LogP contribution in [0.4, 0.5) is 4.79 Å². The Bertz CT molecular complexity index is 830. The summed E-state index contributed by atoms with van der Waals surface area (Å²) in [4.78, 5) is 29.2. The number of azide groups is 1. The Kier molecular flexibility index (Phi) is 5.20. The molecule has 1 aliphatic rings. The zero-order valence-corrected chi connectivity index (χ0v) is 14.2. The van der Waals surface area contributed by atoms with E-state index in [0.29, 0.717) is 0 Å². The molecule has 0 spiro atoms. The van der Waals surface area contributed by atoms with E-state index < -0.39 is 24.1 Å². The smallest absolute Gasteiger partial charge is 0.417 e. The molecule has 3 atom stereocenters. The quantitative estimate of drug-likeness (QED) is 0.459. The summed E-state index contributed by atoms with van der Waals surface area (Å²) in [5.41, 5.74) is 10.6. The number of cyclic esters (lactones) is 1. The third kappa shape index (κ3) is 3.38. The van der Waals surface area contributed by atoms with Crippen molar-refractivity contribution in [2.45, 2.75) is 24.9 Å². The van der Waals surface area contributed by atoms with Crippen LogP contribution in [0.2, 0.25) is 0 Å². The molecule has 3 rings (SSSR count). The van der Waals surface area contributed by atoms with Gasteiger partial charge in [0, 0.05) is 4.91 Å². The molecule has 0 bridgehead atoms. The molecule has 7 nitrogen and oxygen atoms in total. The van der Waals surface area contributed by atoms with Crippen molar-refractivity contribution in [3.63, 3.8) is 0 Å². The molecule has 1 saturated heterocycles. The van der Waals surface area contributed by atoms with Crippen LogP contribution in [0.1, 0.15) is 30.0 Å². The Balaban J connectivity index is 1.92. The monoisotopic (exact) mass is 350 g/mol. The fourth-order valence-electron chi connectivity index (χ4n) is 3.09. The molecule has 132 valence electrons. The zero-order valence-electron chi connectivity index (χ0n) is 14.2. The highest BCUT2D eigenvalue weighted by molar-refractivity contribution is 5.97. The Morgan fingerprint density at radius 3 is 2.42 bits per heavy atom. The summed E-state index contributed by atoms with van der Waals surface area (Å²) < 4.78 is 5.10. The van der Waals surface area contributed by atoms with Crippen LogP contribution in [0.3, 0.4) is 0 Å². The fourth-order valence-corrected chi connectivity index (χ4v) is 3.09. The van der Waals surface area contributed by atoms with Crippen LogP contribution in [0.15, 0.2) is 65.8 Å². The summed E-state index contributed by atoms with van der Waals surface area (Å²) in [5, 5.41) is 3.69. The van der Waals surface area contributed by atoms with E-state index in [9.17, 15) is 9.59 Å². The highest BCUT2D eigenvalue weighted by atomic mass is 16.6. The fraction of sp³-hybridized carbons (Fsp3) is 0.263. The first kappa shape index (κ1) is 17.5. The Labute approximate surface area is 150 Å². The molecule has 26 heavy (non-hydrogen) atoms. The standard InChI is InChI=1S/C19H18N4O3/c1-13(14-8-4-2-5-9-14)17(21-22-20)18(24)23-16(12-26-19(23)25)15-10-6-3-7-11-15/h2-11,13,16-17H,12H2,1H3/t13-,16-,17-/m1/s1. The molecule has 1 heterocycles. The van der Waals surface area contributed by atoms with Gasteiger partial charge in [-0.25, -0.2) is 9.69 Å². The minimum Gasteiger partial charge on any atom is -0.446 e.